The van der Waals surface area contributed by atoms with Crippen molar-refractivity contribution in [2.24, 2.45) is 5.73 Å². The Morgan fingerprint density at radius 3 is 2.54 bits per heavy atom. The predicted molar refractivity (Wildman–Crippen MR) is 130 cm³/mol. The van der Waals surface area contributed by atoms with Gasteiger partial charge < -0.3 is 19.9 Å². The molecule has 35 heavy (non-hydrogen) atoms. The summed E-state index contributed by atoms with van der Waals surface area (Å²) in [6, 6.07) is 11.8. The molecule has 0 saturated heterocycles. The summed E-state index contributed by atoms with van der Waals surface area (Å²) in [4.78, 5) is 41.1. The second kappa shape index (κ2) is 9.84. The SMILES string of the molecule is COc1cccc(/C=C2/CCc3c2nc2ccccc2c3C(=O)OC(C)C(=O)NC(N)=O)c1OC. The van der Waals surface area contributed by atoms with E-state index in [0.29, 0.717) is 46.5 Å². The van der Waals surface area contributed by atoms with Crippen molar-refractivity contribution >= 4 is 40.5 Å². The summed E-state index contributed by atoms with van der Waals surface area (Å²) in [5.41, 5.74) is 9.16. The Hall–Kier alpha value is -4.40. The topological polar surface area (TPSA) is 130 Å². The number of fused-ring (bicyclic) bond motifs is 2. The molecule has 1 aliphatic carbocycles. The lowest BCUT2D eigenvalue weighted by Crippen LogP contribution is -2.42. The van der Waals surface area contributed by atoms with Gasteiger partial charge in [0.1, 0.15) is 0 Å². The fraction of sp³-hybridized carbons (Fsp3) is 0.231. The summed E-state index contributed by atoms with van der Waals surface area (Å²) in [6.45, 7) is 1.38. The predicted octanol–water partition coefficient (Wildman–Crippen LogP) is 3.48. The van der Waals surface area contributed by atoms with Gasteiger partial charge in [-0.1, -0.05) is 30.3 Å². The number of imide groups is 1. The van der Waals surface area contributed by atoms with Crippen molar-refractivity contribution in [3.8, 4) is 11.5 Å². The highest BCUT2D eigenvalue weighted by atomic mass is 16.5. The number of carbonyl (C=O) groups excluding carboxylic acids is 3. The number of carbonyl (C=O) groups is 3. The number of benzene rings is 2. The lowest BCUT2D eigenvalue weighted by atomic mass is 10.0. The number of para-hydroxylation sites is 2. The van der Waals surface area contributed by atoms with E-state index in [1.54, 1.807) is 20.3 Å². The summed E-state index contributed by atoms with van der Waals surface area (Å²) < 4.78 is 16.4. The molecule has 0 bridgehead atoms. The zero-order valence-corrected chi connectivity index (χ0v) is 19.6. The Balaban J connectivity index is 1.79. The maximum Gasteiger partial charge on any atom is 0.339 e. The molecular formula is C26H25N3O6. The molecule has 1 aliphatic rings. The Bertz CT molecular complexity index is 1360. The minimum atomic E-state index is -1.21. The Morgan fingerprint density at radius 1 is 1.06 bits per heavy atom. The number of aromatic nitrogens is 1. The van der Waals surface area contributed by atoms with Gasteiger partial charge in [0.15, 0.2) is 17.6 Å². The molecule has 0 aliphatic heterocycles. The normalized spacial score (nSPS) is 14.3. The Labute approximate surface area is 201 Å². The maximum absolute atomic E-state index is 13.3. The molecule has 3 N–H and O–H groups in total. The van der Waals surface area contributed by atoms with Crippen LogP contribution in [0.15, 0.2) is 42.5 Å². The molecule has 3 amide bonds. The zero-order valence-electron chi connectivity index (χ0n) is 19.6. The number of nitrogens with two attached hydrogens (primary N) is 1. The highest BCUT2D eigenvalue weighted by molar-refractivity contribution is 6.08. The van der Waals surface area contributed by atoms with E-state index in [1.165, 1.54) is 6.92 Å². The molecule has 1 heterocycles. The summed E-state index contributed by atoms with van der Waals surface area (Å²) in [7, 11) is 3.16. The van der Waals surface area contributed by atoms with E-state index in [2.05, 4.69) is 0 Å². The van der Waals surface area contributed by atoms with Crippen molar-refractivity contribution in [3.63, 3.8) is 0 Å². The van der Waals surface area contributed by atoms with E-state index in [9.17, 15) is 14.4 Å². The number of ether oxygens (including phenoxy) is 3. The van der Waals surface area contributed by atoms with Crippen LogP contribution in [0, 0.1) is 0 Å². The van der Waals surface area contributed by atoms with Crippen LogP contribution in [0.1, 0.15) is 40.5 Å². The molecule has 4 rings (SSSR count). The summed E-state index contributed by atoms with van der Waals surface area (Å²) >= 11 is 0. The third-order valence-electron chi connectivity index (χ3n) is 5.81. The van der Waals surface area contributed by atoms with Crippen LogP contribution in [-0.2, 0) is 16.0 Å². The van der Waals surface area contributed by atoms with Crippen molar-refractivity contribution < 1.29 is 28.6 Å². The van der Waals surface area contributed by atoms with Gasteiger partial charge in [-0.3, -0.25) is 10.1 Å². The van der Waals surface area contributed by atoms with E-state index >= 15 is 0 Å². The average molecular weight is 476 g/mol. The van der Waals surface area contributed by atoms with Crippen LogP contribution in [-0.4, -0.2) is 43.2 Å². The van der Waals surface area contributed by atoms with Gasteiger partial charge >= 0.3 is 12.0 Å². The lowest BCUT2D eigenvalue weighted by Gasteiger charge is -2.16. The van der Waals surface area contributed by atoms with Gasteiger partial charge in [-0.05, 0) is 49.1 Å². The molecule has 0 fully saturated rings. The maximum atomic E-state index is 13.3. The molecule has 1 unspecified atom stereocenters. The number of methoxy groups -OCH3 is 2. The smallest absolute Gasteiger partial charge is 0.339 e. The number of urea groups is 1. The standard InChI is InChI=1S/C26H25N3O6/c1-14(24(30)29-26(27)32)35-25(31)21-17-8-4-5-9-19(17)28-22-15(11-12-18(21)22)13-16-7-6-10-20(33-2)23(16)34-3/h4-10,13-14H,11-12H2,1-3H3,(H3,27,29,30,32)/b15-13-. The molecule has 0 saturated carbocycles. The van der Waals surface area contributed by atoms with Gasteiger partial charge in [-0.2, -0.15) is 0 Å². The van der Waals surface area contributed by atoms with Gasteiger partial charge in [0.25, 0.3) is 5.91 Å². The Kier molecular flexibility index (Phi) is 6.68. The first-order valence-electron chi connectivity index (χ1n) is 11.0. The second-order valence-electron chi connectivity index (χ2n) is 7.98. The third kappa shape index (κ3) is 4.65. The van der Waals surface area contributed by atoms with Gasteiger partial charge in [-0.15, -0.1) is 0 Å². The molecule has 180 valence electrons. The second-order valence-corrected chi connectivity index (χ2v) is 7.98. The Morgan fingerprint density at radius 2 is 1.83 bits per heavy atom. The first-order chi connectivity index (χ1) is 16.8. The first kappa shape index (κ1) is 23.7. The molecule has 1 aromatic heterocycles. The summed E-state index contributed by atoms with van der Waals surface area (Å²) in [5.74, 6) is -0.261. The molecule has 1 atom stereocenters. The molecule has 0 spiro atoms. The highest BCUT2D eigenvalue weighted by Crippen LogP contribution is 2.40. The van der Waals surface area contributed by atoms with Crippen LogP contribution in [0.5, 0.6) is 11.5 Å². The minimum Gasteiger partial charge on any atom is -0.493 e. The largest absolute Gasteiger partial charge is 0.493 e. The number of rotatable bonds is 6. The van der Waals surface area contributed by atoms with E-state index in [0.717, 1.165) is 16.7 Å². The molecule has 3 aromatic rings. The fourth-order valence-corrected chi connectivity index (χ4v) is 4.22. The number of hydrogen-bond acceptors (Lipinski definition) is 7. The lowest BCUT2D eigenvalue weighted by molar-refractivity contribution is -0.127. The van der Waals surface area contributed by atoms with Crippen LogP contribution < -0.4 is 20.5 Å². The van der Waals surface area contributed by atoms with E-state index < -0.39 is 24.0 Å². The number of primary amides is 1. The quantitative estimate of drug-likeness (QED) is 0.522. The van der Waals surface area contributed by atoms with Gasteiger partial charge in [0.2, 0.25) is 0 Å². The number of nitrogens with zero attached hydrogens (tertiary/aromatic N) is 1. The molecule has 2 aromatic carbocycles. The fourth-order valence-electron chi connectivity index (χ4n) is 4.22. The van der Waals surface area contributed by atoms with Crippen molar-refractivity contribution in [1.82, 2.24) is 10.3 Å². The van der Waals surface area contributed by atoms with Crippen LogP contribution in [0.25, 0.3) is 22.6 Å². The average Bonchev–Trinajstić information content (AvgIpc) is 3.23. The van der Waals surface area contributed by atoms with Crippen LogP contribution in [0.2, 0.25) is 0 Å². The number of pyridine rings is 1. The van der Waals surface area contributed by atoms with Crippen LogP contribution in [0.3, 0.4) is 0 Å². The minimum absolute atomic E-state index is 0.352. The molecular weight excluding hydrogens is 450 g/mol. The van der Waals surface area contributed by atoms with E-state index in [4.69, 9.17) is 24.9 Å². The van der Waals surface area contributed by atoms with Crippen molar-refractivity contribution in [1.29, 1.82) is 0 Å². The highest BCUT2D eigenvalue weighted by Gasteiger charge is 2.30. The number of amides is 3. The number of hydrogen-bond donors (Lipinski definition) is 2. The van der Waals surface area contributed by atoms with Crippen LogP contribution in [0.4, 0.5) is 4.79 Å². The monoisotopic (exact) mass is 475 g/mol. The summed E-state index contributed by atoms with van der Waals surface area (Å²) in [5, 5.41) is 2.55. The zero-order chi connectivity index (χ0) is 25.1. The first-order valence-corrected chi connectivity index (χ1v) is 11.0. The molecule has 0 radical (unpaired) electrons. The van der Waals surface area contributed by atoms with Crippen LogP contribution >= 0.6 is 0 Å². The van der Waals surface area contributed by atoms with Crippen molar-refractivity contribution in [2.75, 3.05) is 14.2 Å². The van der Waals surface area contributed by atoms with E-state index in [-0.39, 0.29) is 0 Å². The number of esters is 1. The number of allylic oxidation sites excluding steroid dienone is 1. The van der Waals surface area contributed by atoms with E-state index in [1.807, 2.05) is 47.8 Å². The van der Waals surface area contributed by atoms with Gasteiger partial charge in [0.05, 0.1) is 31.0 Å². The van der Waals surface area contributed by atoms with Crippen molar-refractivity contribution in [3.05, 3.63) is 64.8 Å². The third-order valence-corrected chi connectivity index (χ3v) is 5.81. The van der Waals surface area contributed by atoms with Crippen molar-refractivity contribution in [2.45, 2.75) is 25.9 Å². The molecule has 9 heteroatoms. The summed E-state index contributed by atoms with van der Waals surface area (Å²) in [6.07, 6.45) is 1.98. The van der Waals surface area contributed by atoms with Gasteiger partial charge in [0, 0.05) is 10.9 Å². The number of nitrogens with one attached hydrogen (secondary N) is 1. The van der Waals surface area contributed by atoms with Gasteiger partial charge in [-0.25, -0.2) is 14.6 Å². The molecule has 9 nitrogen and oxygen atoms in total.